The second-order valence-corrected chi connectivity index (χ2v) is 8.57. The predicted molar refractivity (Wildman–Crippen MR) is 122 cm³/mol. The fraction of sp³-hybridized carbons (Fsp3) is 0.259. The van der Waals surface area contributed by atoms with Crippen LogP contribution in [0.15, 0.2) is 72.8 Å². The van der Waals surface area contributed by atoms with Crippen molar-refractivity contribution in [2.24, 2.45) is 0 Å². The first kappa shape index (κ1) is 21.2. The third-order valence-electron chi connectivity index (χ3n) is 6.41. The van der Waals surface area contributed by atoms with Gasteiger partial charge in [-0.1, -0.05) is 42.5 Å². The van der Waals surface area contributed by atoms with Gasteiger partial charge < -0.3 is 15.0 Å². The molecule has 0 spiro atoms. The number of carbonyl (C=O) groups is 2. The molecule has 0 saturated heterocycles. The Balaban J connectivity index is 1.56. The maximum atomic E-state index is 13.7. The lowest BCUT2D eigenvalue weighted by molar-refractivity contribution is -0.124. The molecule has 1 heterocycles. The number of rotatable bonds is 6. The molecular weight excluding hydrogens is 419 g/mol. The van der Waals surface area contributed by atoms with Gasteiger partial charge in [0.05, 0.1) is 19.1 Å². The minimum Gasteiger partial charge on any atom is -0.497 e. The summed E-state index contributed by atoms with van der Waals surface area (Å²) in [5.74, 6) is -0.420. The van der Waals surface area contributed by atoms with E-state index in [1.807, 2.05) is 47.4 Å². The molecule has 0 radical (unpaired) electrons. The van der Waals surface area contributed by atoms with Gasteiger partial charge in [-0.15, -0.1) is 0 Å². The SMILES string of the molecule is COc1cccc([C@H]2[C@@H](C(=O)NCc3ccc(F)cc3)c3ccccc3C(=O)N2C2CC2)c1. The Kier molecular flexibility index (Phi) is 5.58. The van der Waals surface area contributed by atoms with E-state index in [1.54, 1.807) is 25.3 Å². The maximum Gasteiger partial charge on any atom is 0.254 e. The van der Waals surface area contributed by atoms with Gasteiger partial charge in [0.2, 0.25) is 5.91 Å². The first-order valence-corrected chi connectivity index (χ1v) is 11.1. The normalized spacial score (nSPS) is 19.7. The zero-order valence-corrected chi connectivity index (χ0v) is 18.3. The van der Waals surface area contributed by atoms with E-state index in [-0.39, 0.29) is 30.2 Å². The van der Waals surface area contributed by atoms with Crippen molar-refractivity contribution in [2.75, 3.05) is 7.11 Å². The Morgan fingerprint density at radius 3 is 2.55 bits per heavy atom. The number of halogens is 1. The molecule has 5 rings (SSSR count). The third kappa shape index (κ3) is 4.09. The summed E-state index contributed by atoms with van der Waals surface area (Å²) in [5, 5.41) is 3.02. The monoisotopic (exact) mass is 444 g/mol. The van der Waals surface area contributed by atoms with Gasteiger partial charge >= 0.3 is 0 Å². The number of ether oxygens (including phenoxy) is 1. The molecule has 1 saturated carbocycles. The second kappa shape index (κ2) is 8.70. The van der Waals surface area contributed by atoms with Crippen molar-refractivity contribution in [2.45, 2.75) is 37.4 Å². The van der Waals surface area contributed by atoms with Crippen LogP contribution in [-0.4, -0.2) is 29.9 Å². The molecule has 1 fully saturated rings. The van der Waals surface area contributed by atoms with Crippen molar-refractivity contribution in [3.8, 4) is 5.75 Å². The summed E-state index contributed by atoms with van der Waals surface area (Å²) in [5.41, 5.74) is 2.97. The Morgan fingerprint density at radius 1 is 1.06 bits per heavy atom. The molecule has 3 aromatic rings. The molecular formula is C27H25FN2O3. The van der Waals surface area contributed by atoms with E-state index in [0.29, 0.717) is 11.3 Å². The lowest BCUT2D eigenvalue weighted by Crippen LogP contribution is -2.48. The molecule has 2 atom stereocenters. The van der Waals surface area contributed by atoms with E-state index in [0.717, 1.165) is 29.5 Å². The molecule has 0 bridgehead atoms. The van der Waals surface area contributed by atoms with Crippen molar-refractivity contribution in [3.63, 3.8) is 0 Å². The zero-order valence-electron chi connectivity index (χ0n) is 18.3. The number of hydrogen-bond acceptors (Lipinski definition) is 3. The molecule has 1 N–H and O–H groups in total. The Hall–Kier alpha value is -3.67. The molecule has 3 aromatic carbocycles. The van der Waals surface area contributed by atoms with Crippen LogP contribution < -0.4 is 10.1 Å². The minimum atomic E-state index is -0.577. The summed E-state index contributed by atoms with van der Waals surface area (Å²) < 4.78 is 18.7. The maximum absolute atomic E-state index is 13.7. The molecule has 2 aliphatic rings. The molecule has 1 aliphatic heterocycles. The fourth-order valence-electron chi connectivity index (χ4n) is 4.67. The first-order valence-electron chi connectivity index (χ1n) is 11.1. The van der Waals surface area contributed by atoms with Crippen molar-refractivity contribution in [3.05, 3.63) is 101 Å². The second-order valence-electron chi connectivity index (χ2n) is 8.57. The number of carbonyl (C=O) groups excluding carboxylic acids is 2. The Morgan fingerprint density at radius 2 is 1.82 bits per heavy atom. The van der Waals surface area contributed by atoms with Gasteiger partial charge in [0.25, 0.3) is 5.91 Å². The van der Waals surface area contributed by atoms with E-state index in [2.05, 4.69) is 5.32 Å². The fourth-order valence-corrected chi connectivity index (χ4v) is 4.67. The summed E-state index contributed by atoms with van der Waals surface area (Å²) in [4.78, 5) is 29.1. The van der Waals surface area contributed by atoms with Crippen LogP contribution in [0.1, 0.15) is 51.8 Å². The van der Waals surface area contributed by atoms with Crippen LogP contribution >= 0.6 is 0 Å². The number of nitrogens with one attached hydrogen (secondary N) is 1. The third-order valence-corrected chi connectivity index (χ3v) is 6.41. The average molecular weight is 445 g/mol. The van der Waals surface area contributed by atoms with Crippen molar-refractivity contribution < 1.29 is 18.7 Å². The van der Waals surface area contributed by atoms with E-state index in [9.17, 15) is 14.0 Å². The summed E-state index contributed by atoms with van der Waals surface area (Å²) in [7, 11) is 1.60. The van der Waals surface area contributed by atoms with Crippen LogP contribution in [-0.2, 0) is 11.3 Å². The highest BCUT2D eigenvalue weighted by Gasteiger charge is 2.49. The summed E-state index contributed by atoms with van der Waals surface area (Å²) in [6, 6.07) is 20.7. The van der Waals surface area contributed by atoms with Gasteiger partial charge in [0.15, 0.2) is 0 Å². The average Bonchev–Trinajstić information content (AvgIpc) is 3.68. The number of nitrogens with zero attached hydrogens (tertiary/aromatic N) is 1. The number of amides is 2. The van der Waals surface area contributed by atoms with Crippen molar-refractivity contribution in [1.29, 1.82) is 0 Å². The molecule has 5 nitrogen and oxygen atoms in total. The summed E-state index contributed by atoms with van der Waals surface area (Å²) in [6.45, 7) is 0.278. The van der Waals surface area contributed by atoms with Gasteiger partial charge in [-0.3, -0.25) is 9.59 Å². The molecule has 6 heteroatoms. The van der Waals surface area contributed by atoms with Crippen LogP contribution in [0.25, 0.3) is 0 Å². The standard InChI is InChI=1S/C27H25FN2O3/c1-33-21-6-4-5-18(15-21)25-24(26(31)29-16-17-9-11-19(28)12-10-17)22-7-2-3-8-23(22)27(32)30(25)20-13-14-20/h2-12,15,20,24-25H,13-14,16H2,1H3,(H,29,31)/t24-,25-/m0/s1. The van der Waals surface area contributed by atoms with E-state index in [4.69, 9.17) is 4.74 Å². The van der Waals surface area contributed by atoms with Crippen LogP contribution in [0.2, 0.25) is 0 Å². The zero-order chi connectivity index (χ0) is 22.9. The van der Waals surface area contributed by atoms with Crippen LogP contribution in [0, 0.1) is 5.82 Å². The van der Waals surface area contributed by atoms with E-state index in [1.165, 1.54) is 12.1 Å². The highest BCUT2D eigenvalue weighted by Crippen LogP contribution is 2.48. The van der Waals surface area contributed by atoms with E-state index < -0.39 is 12.0 Å². The van der Waals surface area contributed by atoms with Gasteiger partial charge in [-0.25, -0.2) is 4.39 Å². The predicted octanol–water partition coefficient (Wildman–Crippen LogP) is 4.59. The van der Waals surface area contributed by atoms with Crippen LogP contribution in [0.3, 0.4) is 0 Å². The summed E-state index contributed by atoms with van der Waals surface area (Å²) in [6.07, 6.45) is 1.86. The highest BCUT2D eigenvalue weighted by atomic mass is 19.1. The van der Waals surface area contributed by atoms with Crippen molar-refractivity contribution >= 4 is 11.8 Å². The number of hydrogen-bond donors (Lipinski definition) is 1. The molecule has 2 amide bonds. The van der Waals surface area contributed by atoms with Crippen molar-refractivity contribution in [1.82, 2.24) is 10.2 Å². The van der Waals surface area contributed by atoms with Gasteiger partial charge in [-0.05, 0) is 59.9 Å². The van der Waals surface area contributed by atoms with Gasteiger partial charge in [0, 0.05) is 18.2 Å². The van der Waals surface area contributed by atoms with Gasteiger partial charge in [0.1, 0.15) is 11.6 Å². The largest absolute Gasteiger partial charge is 0.497 e. The topological polar surface area (TPSA) is 58.6 Å². The molecule has 33 heavy (non-hydrogen) atoms. The Labute approximate surface area is 192 Å². The lowest BCUT2D eigenvalue weighted by Gasteiger charge is -2.42. The number of methoxy groups -OCH3 is 1. The quantitative estimate of drug-likeness (QED) is 0.605. The molecule has 1 aliphatic carbocycles. The first-order chi connectivity index (χ1) is 16.1. The van der Waals surface area contributed by atoms with Gasteiger partial charge in [-0.2, -0.15) is 0 Å². The molecule has 0 aromatic heterocycles. The molecule has 0 unspecified atom stereocenters. The lowest BCUT2D eigenvalue weighted by atomic mass is 9.79. The van der Waals surface area contributed by atoms with E-state index >= 15 is 0 Å². The highest BCUT2D eigenvalue weighted by molar-refractivity contribution is 6.01. The van der Waals surface area contributed by atoms with Crippen LogP contribution in [0.4, 0.5) is 4.39 Å². The van der Waals surface area contributed by atoms with Crippen LogP contribution in [0.5, 0.6) is 5.75 Å². The Bertz CT molecular complexity index is 1190. The minimum absolute atomic E-state index is 0.0384. The smallest absolute Gasteiger partial charge is 0.254 e. The number of fused-ring (bicyclic) bond motifs is 1. The summed E-state index contributed by atoms with van der Waals surface area (Å²) >= 11 is 0. The number of benzene rings is 3. The molecule has 168 valence electrons.